The van der Waals surface area contributed by atoms with E-state index in [1.165, 1.54) is 0 Å². The van der Waals surface area contributed by atoms with E-state index in [-0.39, 0.29) is 12.4 Å². The van der Waals surface area contributed by atoms with Gasteiger partial charge in [-0.15, -0.1) is 0 Å². The van der Waals surface area contributed by atoms with Gasteiger partial charge >= 0.3 is 0 Å². The number of aliphatic hydroxyl groups is 1. The van der Waals surface area contributed by atoms with Crippen LogP contribution in [0.5, 0.6) is 11.5 Å². The van der Waals surface area contributed by atoms with Gasteiger partial charge in [0.2, 0.25) is 0 Å². The first kappa shape index (κ1) is 12.9. The largest absolute Gasteiger partial charge is 0.496 e. The van der Waals surface area contributed by atoms with Crippen molar-refractivity contribution in [1.82, 2.24) is 0 Å². The van der Waals surface area contributed by atoms with Gasteiger partial charge in [-0.2, -0.15) is 0 Å². The summed E-state index contributed by atoms with van der Waals surface area (Å²) in [6.07, 6.45) is 1.33. The van der Waals surface area contributed by atoms with E-state index < -0.39 is 5.41 Å². The summed E-state index contributed by atoms with van der Waals surface area (Å²) in [7, 11) is 3.13. The fourth-order valence-electron chi connectivity index (χ4n) is 2.43. The summed E-state index contributed by atoms with van der Waals surface area (Å²) in [5.41, 5.74) is 0.722. The molecule has 0 bridgehead atoms. The summed E-state index contributed by atoms with van der Waals surface area (Å²) < 4.78 is 10.6. The number of ketones is 1. The zero-order valence-corrected chi connectivity index (χ0v) is 10.9. The maximum absolute atomic E-state index is 12.5. The van der Waals surface area contributed by atoms with E-state index in [4.69, 9.17) is 9.47 Å². The first-order valence-corrected chi connectivity index (χ1v) is 5.97. The van der Waals surface area contributed by atoms with Crippen molar-refractivity contribution in [2.45, 2.75) is 19.8 Å². The van der Waals surface area contributed by atoms with E-state index in [9.17, 15) is 9.90 Å². The van der Waals surface area contributed by atoms with Gasteiger partial charge in [-0.3, -0.25) is 4.79 Å². The van der Waals surface area contributed by atoms with E-state index in [1.54, 1.807) is 27.2 Å². The van der Waals surface area contributed by atoms with Crippen LogP contribution >= 0.6 is 0 Å². The number of carbonyl (C=O) groups is 1. The fourth-order valence-corrected chi connectivity index (χ4v) is 2.43. The second kappa shape index (κ2) is 4.61. The molecule has 1 N–H and O–H groups in total. The van der Waals surface area contributed by atoms with Crippen LogP contribution in [0.15, 0.2) is 12.1 Å². The lowest BCUT2D eigenvalue weighted by atomic mass is 9.72. The molecule has 0 fully saturated rings. The molecule has 0 radical (unpaired) electrons. The lowest BCUT2D eigenvalue weighted by Crippen LogP contribution is -2.37. The van der Waals surface area contributed by atoms with Crippen molar-refractivity contribution >= 4 is 5.78 Å². The van der Waals surface area contributed by atoms with Crippen LogP contribution in [-0.2, 0) is 6.42 Å². The van der Waals surface area contributed by atoms with Gasteiger partial charge in [0.25, 0.3) is 0 Å². The Morgan fingerprint density at radius 2 is 1.89 bits per heavy atom. The van der Waals surface area contributed by atoms with Crippen LogP contribution < -0.4 is 9.47 Å². The average Bonchev–Trinajstić information content (AvgIpc) is 2.41. The molecule has 1 aliphatic rings. The molecule has 2 rings (SSSR count). The molecular formula is C14H18O4. The molecule has 1 atom stereocenters. The monoisotopic (exact) mass is 250 g/mol. The summed E-state index contributed by atoms with van der Waals surface area (Å²) >= 11 is 0. The molecule has 0 heterocycles. The van der Waals surface area contributed by atoms with Gasteiger partial charge in [0.1, 0.15) is 11.5 Å². The average molecular weight is 250 g/mol. The van der Waals surface area contributed by atoms with Crippen LogP contribution in [0.2, 0.25) is 0 Å². The number of methoxy groups -OCH3 is 2. The predicted molar refractivity (Wildman–Crippen MR) is 67.4 cm³/mol. The van der Waals surface area contributed by atoms with Crippen molar-refractivity contribution in [1.29, 1.82) is 0 Å². The molecule has 0 spiro atoms. The summed E-state index contributed by atoms with van der Waals surface area (Å²) in [4.78, 5) is 12.5. The van der Waals surface area contributed by atoms with E-state index in [0.29, 0.717) is 29.9 Å². The molecular weight excluding hydrogens is 232 g/mol. The zero-order valence-electron chi connectivity index (χ0n) is 10.9. The second-order valence-corrected chi connectivity index (χ2v) is 4.87. The van der Waals surface area contributed by atoms with Gasteiger partial charge in [0.15, 0.2) is 5.78 Å². The zero-order chi connectivity index (χ0) is 13.3. The second-order valence-electron chi connectivity index (χ2n) is 4.87. The molecule has 18 heavy (non-hydrogen) atoms. The van der Waals surface area contributed by atoms with Crippen molar-refractivity contribution in [3.63, 3.8) is 0 Å². The number of aliphatic hydroxyl groups excluding tert-OH is 1. The Balaban J connectivity index is 2.62. The van der Waals surface area contributed by atoms with E-state index in [0.717, 1.165) is 5.56 Å². The standard InChI is InChI=1S/C14H18O4/c1-14(8-15)7-6-9-10(17-2)4-5-11(18-3)12(9)13(14)16/h4-5,15H,6-8H2,1-3H3. The van der Waals surface area contributed by atoms with E-state index >= 15 is 0 Å². The summed E-state index contributed by atoms with van der Waals surface area (Å²) in [6.45, 7) is 1.64. The van der Waals surface area contributed by atoms with Crippen LogP contribution in [-0.4, -0.2) is 31.7 Å². The van der Waals surface area contributed by atoms with Gasteiger partial charge in [-0.1, -0.05) is 6.92 Å². The Morgan fingerprint density at radius 1 is 1.28 bits per heavy atom. The highest BCUT2D eigenvalue weighted by molar-refractivity contribution is 6.05. The van der Waals surface area contributed by atoms with Gasteiger partial charge in [0, 0.05) is 5.56 Å². The molecule has 1 aromatic rings. The SMILES string of the molecule is COc1ccc(OC)c2c1CCC(C)(CO)C2=O. The van der Waals surface area contributed by atoms with Crippen LogP contribution in [0.4, 0.5) is 0 Å². The molecule has 0 saturated heterocycles. The minimum absolute atomic E-state index is 0.0676. The summed E-state index contributed by atoms with van der Waals surface area (Å²) in [5.74, 6) is 1.19. The molecule has 0 aromatic heterocycles. The highest BCUT2D eigenvalue weighted by atomic mass is 16.5. The number of hydrogen-bond acceptors (Lipinski definition) is 4. The fraction of sp³-hybridized carbons (Fsp3) is 0.500. The third-order valence-electron chi connectivity index (χ3n) is 3.72. The number of carbonyl (C=O) groups excluding carboxylic acids is 1. The van der Waals surface area contributed by atoms with Gasteiger partial charge in [0.05, 0.1) is 31.8 Å². The molecule has 4 nitrogen and oxygen atoms in total. The predicted octanol–water partition coefficient (Wildman–Crippen LogP) is 1.83. The molecule has 4 heteroatoms. The lowest BCUT2D eigenvalue weighted by molar-refractivity contribution is 0.0636. The van der Waals surface area contributed by atoms with Crippen molar-refractivity contribution in [3.8, 4) is 11.5 Å². The van der Waals surface area contributed by atoms with E-state index in [1.807, 2.05) is 6.07 Å². The maximum atomic E-state index is 12.5. The number of rotatable bonds is 3. The third-order valence-corrected chi connectivity index (χ3v) is 3.72. The number of Topliss-reactive ketones (excluding diaryl/α,β-unsaturated/α-hetero) is 1. The van der Waals surface area contributed by atoms with Crippen molar-refractivity contribution in [2.75, 3.05) is 20.8 Å². The molecule has 98 valence electrons. The van der Waals surface area contributed by atoms with Gasteiger partial charge in [-0.25, -0.2) is 0 Å². The van der Waals surface area contributed by atoms with Crippen LogP contribution in [0.3, 0.4) is 0 Å². The Kier molecular flexibility index (Phi) is 3.30. The first-order chi connectivity index (χ1) is 8.57. The maximum Gasteiger partial charge on any atom is 0.175 e. The minimum Gasteiger partial charge on any atom is -0.496 e. The van der Waals surface area contributed by atoms with Crippen LogP contribution in [0.25, 0.3) is 0 Å². The van der Waals surface area contributed by atoms with Gasteiger partial charge < -0.3 is 14.6 Å². The van der Waals surface area contributed by atoms with Crippen molar-refractivity contribution in [3.05, 3.63) is 23.3 Å². The quantitative estimate of drug-likeness (QED) is 0.889. The molecule has 1 aromatic carbocycles. The number of ether oxygens (including phenoxy) is 2. The Hall–Kier alpha value is -1.55. The molecule has 0 saturated carbocycles. The lowest BCUT2D eigenvalue weighted by Gasteiger charge is -2.32. The highest BCUT2D eigenvalue weighted by Gasteiger charge is 2.40. The Bertz CT molecular complexity index is 481. The Morgan fingerprint density at radius 3 is 2.44 bits per heavy atom. The molecule has 1 unspecified atom stereocenters. The topological polar surface area (TPSA) is 55.8 Å². The first-order valence-electron chi connectivity index (χ1n) is 5.97. The molecule has 0 amide bonds. The number of fused-ring (bicyclic) bond motifs is 1. The van der Waals surface area contributed by atoms with Gasteiger partial charge in [-0.05, 0) is 25.0 Å². The highest BCUT2D eigenvalue weighted by Crippen LogP contribution is 2.42. The number of hydrogen-bond donors (Lipinski definition) is 1. The van der Waals surface area contributed by atoms with Crippen molar-refractivity contribution in [2.24, 2.45) is 5.41 Å². The Labute approximate surface area is 107 Å². The minimum atomic E-state index is -0.716. The summed E-state index contributed by atoms with van der Waals surface area (Å²) in [5, 5.41) is 9.44. The van der Waals surface area contributed by atoms with E-state index in [2.05, 4.69) is 0 Å². The normalized spacial score (nSPS) is 22.6. The number of benzene rings is 1. The molecule has 1 aliphatic carbocycles. The third kappa shape index (κ3) is 1.77. The summed E-state index contributed by atoms with van der Waals surface area (Å²) in [6, 6.07) is 3.55. The van der Waals surface area contributed by atoms with Crippen molar-refractivity contribution < 1.29 is 19.4 Å². The van der Waals surface area contributed by atoms with Crippen LogP contribution in [0.1, 0.15) is 29.3 Å². The smallest absolute Gasteiger partial charge is 0.175 e. The van der Waals surface area contributed by atoms with Crippen LogP contribution in [0, 0.1) is 5.41 Å². The molecule has 0 aliphatic heterocycles.